The van der Waals surface area contributed by atoms with Gasteiger partial charge in [-0.15, -0.1) is 11.3 Å². The first-order valence-electron chi connectivity index (χ1n) is 4.42. The fraction of sp³-hybridized carbons (Fsp3) is 0.182. The first-order valence-corrected chi connectivity index (χ1v) is 6.36. The van der Waals surface area contributed by atoms with Crippen LogP contribution in [-0.2, 0) is 11.8 Å². The lowest BCUT2D eigenvalue weighted by molar-refractivity contribution is 1.14. The van der Waals surface area contributed by atoms with Gasteiger partial charge in [-0.1, -0.05) is 46.3 Å². The van der Waals surface area contributed by atoms with Gasteiger partial charge in [-0.3, -0.25) is 0 Å². The Labute approximate surface area is 95.9 Å². The van der Waals surface area contributed by atoms with Crippen LogP contribution in [0.5, 0.6) is 0 Å². The highest BCUT2D eigenvalue weighted by molar-refractivity contribution is 9.08. The summed E-state index contributed by atoms with van der Waals surface area (Å²) in [5.41, 5.74) is 1.32. The Morgan fingerprint density at radius 3 is 2.64 bits per heavy atom. The van der Waals surface area contributed by atoms with E-state index in [-0.39, 0.29) is 0 Å². The zero-order chi connectivity index (χ0) is 9.80. The van der Waals surface area contributed by atoms with Crippen LogP contribution < -0.4 is 0 Å². The van der Waals surface area contributed by atoms with Gasteiger partial charge < -0.3 is 0 Å². The molecule has 0 spiro atoms. The molecule has 0 N–H and O–H groups in total. The number of aromatic nitrogens is 1. The van der Waals surface area contributed by atoms with E-state index in [0.29, 0.717) is 0 Å². The minimum Gasteiger partial charge on any atom is -0.249 e. The maximum absolute atomic E-state index is 4.37. The highest BCUT2D eigenvalue weighted by Gasteiger charge is 2.01. The maximum atomic E-state index is 4.37. The van der Waals surface area contributed by atoms with Crippen LogP contribution >= 0.6 is 27.3 Å². The van der Waals surface area contributed by atoms with Crippen LogP contribution in [0.4, 0.5) is 0 Å². The summed E-state index contributed by atoms with van der Waals surface area (Å²) in [5.74, 6) is 0. The number of rotatable bonds is 3. The Bertz CT molecular complexity index is 397. The molecule has 0 saturated carbocycles. The molecule has 0 unspecified atom stereocenters. The van der Waals surface area contributed by atoms with Crippen molar-refractivity contribution in [3.63, 3.8) is 0 Å². The molecule has 1 nitrogen and oxygen atoms in total. The van der Waals surface area contributed by atoms with Gasteiger partial charge in [0.25, 0.3) is 0 Å². The number of thiazole rings is 1. The first kappa shape index (κ1) is 9.87. The Kier molecular flexibility index (Phi) is 3.32. The summed E-state index contributed by atoms with van der Waals surface area (Å²) >= 11 is 5.20. The number of halogens is 1. The summed E-state index contributed by atoms with van der Waals surface area (Å²) in [6.45, 7) is 0. The van der Waals surface area contributed by atoms with Crippen molar-refractivity contribution >= 4 is 27.3 Å². The molecule has 3 heteroatoms. The molecular weight excluding hydrogens is 258 g/mol. The van der Waals surface area contributed by atoms with Crippen molar-refractivity contribution in [2.75, 3.05) is 0 Å². The van der Waals surface area contributed by atoms with E-state index < -0.39 is 0 Å². The van der Waals surface area contributed by atoms with Crippen LogP contribution in [0.15, 0.2) is 36.5 Å². The second-order valence-electron chi connectivity index (χ2n) is 3.02. The Morgan fingerprint density at radius 1 is 1.21 bits per heavy atom. The standard InChI is InChI=1S/C11H10BrNS/c12-7-10-8-13-11(14-10)6-9-4-2-1-3-5-9/h1-5,8H,6-7H2. The molecule has 0 bridgehead atoms. The number of hydrogen-bond acceptors (Lipinski definition) is 2. The second-order valence-corrected chi connectivity index (χ2v) is 4.78. The SMILES string of the molecule is BrCc1cnc(Cc2ccccc2)s1. The molecule has 0 aliphatic heterocycles. The highest BCUT2D eigenvalue weighted by atomic mass is 79.9. The lowest BCUT2D eigenvalue weighted by Crippen LogP contribution is -1.84. The van der Waals surface area contributed by atoms with Gasteiger partial charge in [-0.2, -0.15) is 0 Å². The van der Waals surface area contributed by atoms with Crippen LogP contribution in [0.25, 0.3) is 0 Å². The second kappa shape index (κ2) is 4.71. The van der Waals surface area contributed by atoms with Crippen LogP contribution in [0, 0.1) is 0 Å². The van der Waals surface area contributed by atoms with E-state index in [1.807, 2.05) is 12.3 Å². The Morgan fingerprint density at radius 2 is 2.00 bits per heavy atom. The largest absolute Gasteiger partial charge is 0.249 e. The van der Waals surface area contributed by atoms with Gasteiger partial charge in [0.2, 0.25) is 0 Å². The fourth-order valence-corrected chi connectivity index (χ4v) is 2.56. The molecule has 0 amide bonds. The summed E-state index contributed by atoms with van der Waals surface area (Å²) < 4.78 is 0. The molecule has 1 aromatic heterocycles. The molecule has 1 aromatic carbocycles. The van der Waals surface area contributed by atoms with E-state index in [1.165, 1.54) is 15.4 Å². The van der Waals surface area contributed by atoms with E-state index >= 15 is 0 Å². The lowest BCUT2D eigenvalue weighted by Gasteiger charge is -1.95. The van der Waals surface area contributed by atoms with Crippen molar-refractivity contribution in [3.05, 3.63) is 52.0 Å². The van der Waals surface area contributed by atoms with Crippen molar-refractivity contribution in [1.82, 2.24) is 4.98 Å². The van der Waals surface area contributed by atoms with Crippen LogP contribution in [0.2, 0.25) is 0 Å². The molecule has 2 rings (SSSR count). The molecule has 0 fully saturated rings. The van der Waals surface area contributed by atoms with Crippen molar-refractivity contribution < 1.29 is 0 Å². The lowest BCUT2D eigenvalue weighted by atomic mass is 10.2. The highest BCUT2D eigenvalue weighted by Crippen LogP contribution is 2.18. The van der Waals surface area contributed by atoms with Crippen LogP contribution in [0.1, 0.15) is 15.4 Å². The molecule has 0 aliphatic carbocycles. The molecular formula is C11H10BrNS. The van der Waals surface area contributed by atoms with E-state index in [4.69, 9.17) is 0 Å². The van der Waals surface area contributed by atoms with Crippen molar-refractivity contribution in [1.29, 1.82) is 0 Å². The van der Waals surface area contributed by atoms with Gasteiger partial charge in [-0.05, 0) is 5.56 Å². The first-order chi connectivity index (χ1) is 6.88. The minimum atomic E-state index is 0.902. The summed E-state index contributed by atoms with van der Waals surface area (Å²) in [5, 5.41) is 2.09. The Hall–Kier alpha value is -0.670. The maximum Gasteiger partial charge on any atom is 0.0971 e. The van der Waals surface area contributed by atoms with Gasteiger partial charge in [0.1, 0.15) is 0 Å². The third kappa shape index (κ3) is 2.42. The number of benzene rings is 1. The minimum absolute atomic E-state index is 0.902. The third-order valence-corrected chi connectivity index (χ3v) is 3.90. The van der Waals surface area contributed by atoms with Gasteiger partial charge in [0.05, 0.1) is 5.01 Å². The van der Waals surface area contributed by atoms with Gasteiger partial charge >= 0.3 is 0 Å². The molecule has 0 radical (unpaired) electrons. The predicted octanol–water partition coefficient (Wildman–Crippen LogP) is 3.63. The van der Waals surface area contributed by atoms with E-state index in [2.05, 4.69) is 45.2 Å². The van der Waals surface area contributed by atoms with E-state index in [9.17, 15) is 0 Å². The fourth-order valence-electron chi connectivity index (χ4n) is 1.26. The van der Waals surface area contributed by atoms with Crippen LogP contribution in [0.3, 0.4) is 0 Å². The topological polar surface area (TPSA) is 12.9 Å². The smallest absolute Gasteiger partial charge is 0.0971 e. The quantitative estimate of drug-likeness (QED) is 0.775. The summed E-state index contributed by atoms with van der Waals surface area (Å²) in [6.07, 6.45) is 2.89. The average Bonchev–Trinajstić information content (AvgIpc) is 2.67. The molecule has 14 heavy (non-hydrogen) atoms. The molecule has 2 aromatic rings. The molecule has 1 heterocycles. The van der Waals surface area contributed by atoms with Crippen molar-refractivity contribution in [2.24, 2.45) is 0 Å². The predicted molar refractivity (Wildman–Crippen MR) is 64.0 cm³/mol. The average molecular weight is 268 g/mol. The van der Waals surface area contributed by atoms with Gasteiger partial charge in [0, 0.05) is 22.8 Å². The monoisotopic (exact) mass is 267 g/mol. The summed E-state index contributed by atoms with van der Waals surface area (Å²) in [4.78, 5) is 5.66. The van der Waals surface area contributed by atoms with Gasteiger partial charge in [0.15, 0.2) is 0 Å². The molecule has 72 valence electrons. The third-order valence-electron chi connectivity index (χ3n) is 1.93. The number of nitrogens with zero attached hydrogens (tertiary/aromatic N) is 1. The molecule has 0 atom stereocenters. The normalized spacial score (nSPS) is 10.4. The van der Waals surface area contributed by atoms with Crippen LogP contribution in [-0.4, -0.2) is 4.98 Å². The number of alkyl halides is 1. The van der Waals surface area contributed by atoms with Crippen molar-refractivity contribution in [2.45, 2.75) is 11.8 Å². The molecule has 0 aliphatic rings. The molecule has 0 saturated heterocycles. The van der Waals surface area contributed by atoms with E-state index in [1.54, 1.807) is 11.3 Å². The zero-order valence-electron chi connectivity index (χ0n) is 7.61. The Balaban J connectivity index is 2.11. The van der Waals surface area contributed by atoms with Crippen molar-refractivity contribution in [3.8, 4) is 0 Å². The summed E-state index contributed by atoms with van der Waals surface area (Å²) in [6, 6.07) is 10.4. The van der Waals surface area contributed by atoms with E-state index in [0.717, 1.165) is 11.8 Å². The van der Waals surface area contributed by atoms with Gasteiger partial charge in [-0.25, -0.2) is 4.98 Å². The summed E-state index contributed by atoms with van der Waals surface area (Å²) in [7, 11) is 0. The zero-order valence-corrected chi connectivity index (χ0v) is 10.0. The number of hydrogen-bond donors (Lipinski definition) is 0.